The number of halogens is 1. The molecule has 1 aromatic rings. The zero-order valence-corrected chi connectivity index (χ0v) is 11.9. The Hall–Kier alpha value is -1.17. The third-order valence-corrected chi connectivity index (χ3v) is 3.21. The van der Waals surface area contributed by atoms with E-state index in [0.717, 1.165) is 24.9 Å². The molecule has 0 aliphatic carbocycles. The highest BCUT2D eigenvalue weighted by Gasteiger charge is 2.15. The third-order valence-electron chi connectivity index (χ3n) is 3.21. The quantitative estimate of drug-likeness (QED) is 0.778. The Labute approximate surface area is 119 Å². The first kappa shape index (κ1) is 15.2. The first-order valence-electron chi connectivity index (χ1n) is 7.01. The molecular weight excluding hydrogens is 261 g/mol. The number of ether oxygens (including phenoxy) is 3. The number of hydrogen-bond acceptors (Lipinski definition) is 4. The van der Waals surface area contributed by atoms with Gasteiger partial charge < -0.3 is 19.5 Å². The Kier molecular flexibility index (Phi) is 6.24. The molecule has 1 aliphatic rings. The van der Waals surface area contributed by atoms with Crippen LogP contribution in [0.1, 0.15) is 18.4 Å². The third kappa shape index (κ3) is 5.07. The minimum absolute atomic E-state index is 0.125. The molecule has 0 aromatic heterocycles. The number of rotatable bonds is 7. The molecule has 0 atom stereocenters. The molecule has 1 aromatic carbocycles. The topological polar surface area (TPSA) is 39.7 Å². The van der Waals surface area contributed by atoms with Gasteiger partial charge in [-0.3, -0.25) is 0 Å². The lowest BCUT2D eigenvalue weighted by molar-refractivity contribution is 0.0254. The van der Waals surface area contributed by atoms with Crippen LogP contribution in [-0.4, -0.2) is 39.6 Å². The van der Waals surface area contributed by atoms with Gasteiger partial charge in [0.15, 0.2) is 0 Å². The molecule has 0 amide bonds. The average Bonchev–Trinajstić information content (AvgIpc) is 2.44. The number of nitrogens with one attached hydrogen (secondary N) is 1. The van der Waals surface area contributed by atoms with Gasteiger partial charge in [-0.2, -0.15) is 0 Å². The Balaban J connectivity index is 1.89. The summed E-state index contributed by atoms with van der Waals surface area (Å²) in [5.41, 5.74) is 0.878. The Bertz CT molecular complexity index is 408. The van der Waals surface area contributed by atoms with E-state index in [-0.39, 0.29) is 11.9 Å². The molecule has 1 heterocycles. The van der Waals surface area contributed by atoms with Crippen LogP contribution in [0.5, 0.6) is 5.75 Å². The number of hydrogen-bond donors (Lipinski definition) is 1. The molecule has 0 saturated carbocycles. The van der Waals surface area contributed by atoms with Gasteiger partial charge in [0.1, 0.15) is 17.7 Å². The highest BCUT2D eigenvalue weighted by atomic mass is 19.1. The molecular formula is C15H22FNO3. The molecule has 2 rings (SSSR count). The van der Waals surface area contributed by atoms with Crippen LogP contribution in [0.15, 0.2) is 18.2 Å². The zero-order chi connectivity index (χ0) is 14.2. The van der Waals surface area contributed by atoms with Crippen molar-refractivity contribution < 1.29 is 18.6 Å². The van der Waals surface area contributed by atoms with Crippen molar-refractivity contribution in [1.82, 2.24) is 5.32 Å². The smallest absolute Gasteiger partial charge is 0.127 e. The largest absolute Gasteiger partial charge is 0.490 e. The van der Waals surface area contributed by atoms with Crippen molar-refractivity contribution >= 4 is 0 Å². The summed E-state index contributed by atoms with van der Waals surface area (Å²) >= 11 is 0. The van der Waals surface area contributed by atoms with Crippen LogP contribution >= 0.6 is 0 Å². The molecule has 0 spiro atoms. The maximum atomic E-state index is 13.6. The standard InChI is InChI=1S/C15H22FNO3/c1-18-7-4-17-11-12-8-13(16)10-15(9-12)20-14-2-5-19-6-3-14/h8-10,14,17H,2-7,11H2,1H3. The van der Waals surface area contributed by atoms with Crippen molar-refractivity contribution in [3.05, 3.63) is 29.6 Å². The maximum absolute atomic E-state index is 13.6. The lowest BCUT2D eigenvalue weighted by atomic mass is 10.1. The predicted molar refractivity (Wildman–Crippen MR) is 74.5 cm³/mol. The molecule has 1 fully saturated rings. The van der Waals surface area contributed by atoms with Gasteiger partial charge in [-0.15, -0.1) is 0 Å². The normalized spacial score (nSPS) is 16.3. The van der Waals surface area contributed by atoms with Crippen LogP contribution in [0.4, 0.5) is 4.39 Å². The van der Waals surface area contributed by atoms with Crippen LogP contribution in [-0.2, 0) is 16.0 Å². The summed E-state index contributed by atoms with van der Waals surface area (Å²) in [4.78, 5) is 0. The van der Waals surface area contributed by atoms with Gasteiger partial charge >= 0.3 is 0 Å². The summed E-state index contributed by atoms with van der Waals surface area (Å²) in [6, 6.07) is 4.85. The second-order valence-electron chi connectivity index (χ2n) is 4.89. The molecule has 112 valence electrons. The van der Waals surface area contributed by atoms with Crippen LogP contribution in [0.3, 0.4) is 0 Å². The molecule has 0 radical (unpaired) electrons. The number of benzene rings is 1. The summed E-state index contributed by atoms with van der Waals surface area (Å²) in [5, 5.41) is 3.19. The van der Waals surface area contributed by atoms with Crippen LogP contribution < -0.4 is 10.1 Å². The summed E-state index contributed by atoms with van der Waals surface area (Å²) < 4.78 is 29.7. The Morgan fingerprint density at radius 2 is 2.10 bits per heavy atom. The van der Waals surface area contributed by atoms with Gasteiger partial charge in [0.2, 0.25) is 0 Å². The van der Waals surface area contributed by atoms with Gasteiger partial charge in [-0.05, 0) is 17.7 Å². The zero-order valence-electron chi connectivity index (χ0n) is 11.9. The van der Waals surface area contributed by atoms with Crippen LogP contribution in [0, 0.1) is 5.82 Å². The van der Waals surface area contributed by atoms with E-state index in [1.807, 2.05) is 6.07 Å². The van der Waals surface area contributed by atoms with Crippen LogP contribution in [0.2, 0.25) is 0 Å². The highest BCUT2D eigenvalue weighted by molar-refractivity contribution is 5.29. The van der Waals surface area contributed by atoms with E-state index in [4.69, 9.17) is 14.2 Å². The fourth-order valence-electron chi connectivity index (χ4n) is 2.18. The van der Waals surface area contributed by atoms with Crippen molar-refractivity contribution in [3.63, 3.8) is 0 Å². The van der Waals surface area contributed by atoms with Gasteiger partial charge in [0.05, 0.1) is 19.8 Å². The molecule has 0 bridgehead atoms. The first-order valence-corrected chi connectivity index (χ1v) is 7.01. The summed E-state index contributed by atoms with van der Waals surface area (Å²) in [6.45, 7) is 3.41. The lowest BCUT2D eigenvalue weighted by Crippen LogP contribution is -2.26. The van der Waals surface area contributed by atoms with E-state index in [9.17, 15) is 4.39 Å². The first-order chi connectivity index (χ1) is 9.78. The monoisotopic (exact) mass is 283 g/mol. The molecule has 1 aliphatic heterocycles. The van der Waals surface area contributed by atoms with E-state index in [1.54, 1.807) is 7.11 Å². The summed E-state index contributed by atoms with van der Waals surface area (Å²) in [6.07, 6.45) is 1.84. The number of methoxy groups -OCH3 is 1. The highest BCUT2D eigenvalue weighted by Crippen LogP contribution is 2.21. The second kappa shape index (κ2) is 8.19. The van der Waals surface area contributed by atoms with E-state index in [1.165, 1.54) is 12.1 Å². The fourth-order valence-corrected chi connectivity index (χ4v) is 2.18. The maximum Gasteiger partial charge on any atom is 0.127 e. The molecule has 0 unspecified atom stereocenters. The molecule has 5 heteroatoms. The van der Waals surface area contributed by atoms with Crippen molar-refractivity contribution in [2.75, 3.05) is 33.5 Å². The van der Waals surface area contributed by atoms with Crippen LogP contribution in [0.25, 0.3) is 0 Å². The van der Waals surface area contributed by atoms with Gasteiger partial charge in [-0.1, -0.05) is 0 Å². The average molecular weight is 283 g/mol. The van der Waals surface area contributed by atoms with Gasteiger partial charge in [0, 0.05) is 39.1 Å². The molecule has 20 heavy (non-hydrogen) atoms. The minimum atomic E-state index is -0.266. The van der Waals surface area contributed by atoms with E-state index in [2.05, 4.69) is 5.32 Å². The van der Waals surface area contributed by atoms with E-state index >= 15 is 0 Å². The fraction of sp³-hybridized carbons (Fsp3) is 0.600. The lowest BCUT2D eigenvalue weighted by Gasteiger charge is -2.23. The summed E-state index contributed by atoms with van der Waals surface area (Å²) in [5.74, 6) is 0.332. The SMILES string of the molecule is COCCNCc1cc(F)cc(OC2CCOCC2)c1. The van der Waals surface area contributed by atoms with Gasteiger partial charge in [0.25, 0.3) is 0 Å². The molecule has 4 nitrogen and oxygen atoms in total. The molecule has 1 N–H and O–H groups in total. The van der Waals surface area contributed by atoms with E-state index in [0.29, 0.717) is 32.1 Å². The van der Waals surface area contributed by atoms with Gasteiger partial charge in [-0.25, -0.2) is 4.39 Å². The minimum Gasteiger partial charge on any atom is -0.490 e. The van der Waals surface area contributed by atoms with Crippen molar-refractivity contribution in [3.8, 4) is 5.75 Å². The Morgan fingerprint density at radius 1 is 1.30 bits per heavy atom. The van der Waals surface area contributed by atoms with Crippen molar-refractivity contribution in [2.24, 2.45) is 0 Å². The molecule has 1 saturated heterocycles. The summed E-state index contributed by atoms with van der Waals surface area (Å²) in [7, 11) is 1.66. The van der Waals surface area contributed by atoms with E-state index < -0.39 is 0 Å². The van der Waals surface area contributed by atoms with Crippen molar-refractivity contribution in [2.45, 2.75) is 25.5 Å². The predicted octanol–water partition coefficient (Wildman–Crippen LogP) is 2.12. The van der Waals surface area contributed by atoms with Crippen molar-refractivity contribution in [1.29, 1.82) is 0 Å². The second-order valence-corrected chi connectivity index (χ2v) is 4.89. The Morgan fingerprint density at radius 3 is 2.85 bits per heavy atom.